The average molecular weight is 462 g/mol. The van der Waals surface area contributed by atoms with Gasteiger partial charge in [-0.3, -0.25) is 4.79 Å². The van der Waals surface area contributed by atoms with Crippen LogP contribution in [0.1, 0.15) is 24.0 Å². The Kier molecular flexibility index (Phi) is 6.20. The fourth-order valence-electron chi connectivity index (χ4n) is 3.63. The Labute approximate surface area is 178 Å². The van der Waals surface area contributed by atoms with Crippen LogP contribution < -0.4 is 15.8 Å². The summed E-state index contributed by atoms with van der Waals surface area (Å²) in [5.74, 6) is -4.23. The Hall–Kier alpha value is -3.15. The zero-order valence-electron chi connectivity index (χ0n) is 15.9. The highest BCUT2D eigenvalue weighted by Gasteiger charge is 2.52. The number of nitrogens with one attached hydrogen (secondary N) is 1. The molecular formula is C18H16ClF4N5O3. The van der Waals surface area contributed by atoms with Crippen molar-refractivity contribution in [2.75, 3.05) is 13.1 Å². The van der Waals surface area contributed by atoms with Gasteiger partial charge in [0.25, 0.3) is 0 Å². The molecule has 1 fully saturated rings. The van der Waals surface area contributed by atoms with Crippen molar-refractivity contribution in [2.24, 2.45) is 5.73 Å². The summed E-state index contributed by atoms with van der Waals surface area (Å²) in [5.41, 5.74) is 3.42. The monoisotopic (exact) mass is 461 g/mol. The molecule has 3 rings (SSSR count). The van der Waals surface area contributed by atoms with Crippen molar-refractivity contribution < 1.29 is 31.9 Å². The lowest BCUT2D eigenvalue weighted by atomic mass is 9.74. The first-order valence-electron chi connectivity index (χ1n) is 8.82. The molecule has 0 bridgehead atoms. The van der Waals surface area contributed by atoms with E-state index in [0.717, 1.165) is 29.4 Å². The molecule has 1 aliphatic heterocycles. The molecule has 1 aliphatic rings. The van der Waals surface area contributed by atoms with Gasteiger partial charge in [-0.05, 0) is 18.6 Å². The van der Waals surface area contributed by atoms with E-state index in [1.165, 1.54) is 6.92 Å². The molecule has 166 valence electrons. The van der Waals surface area contributed by atoms with Crippen molar-refractivity contribution >= 4 is 23.5 Å². The fraction of sp³-hybridized carbons (Fsp3) is 0.333. The minimum atomic E-state index is -3.18. The van der Waals surface area contributed by atoms with Crippen molar-refractivity contribution in [2.45, 2.75) is 25.0 Å². The van der Waals surface area contributed by atoms with Gasteiger partial charge in [-0.2, -0.15) is 8.78 Å². The van der Waals surface area contributed by atoms with Crippen molar-refractivity contribution in [3.63, 3.8) is 0 Å². The van der Waals surface area contributed by atoms with Crippen LogP contribution in [0.4, 0.5) is 22.4 Å². The van der Waals surface area contributed by atoms with Crippen LogP contribution in [0.3, 0.4) is 0 Å². The van der Waals surface area contributed by atoms with Gasteiger partial charge >= 0.3 is 18.7 Å². The first-order valence-corrected chi connectivity index (χ1v) is 9.20. The highest BCUT2D eigenvalue weighted by Crippen LogP contribution is 2.42. The Morgan fingerprint density at radius 1 is 1.32 bits per heavy atom. The second kappa shape index (κ2) is 8.53. The van der Waals surface area contributed by atoms with Gasteiger partial charge in [-0.1, -0.05) is 17.7 Å². The SMILES string of the molecule is CC1([C@@H](c2cnc(OC(F)F)nc2)c2ccc(F)c(Cl)c2F)C(=O)NCCN1C(N)=O. The van der Waals surface area contributed by atoms with Crippen molar-refractivity contribution in [3.05, 3.63) is 52.3 Å². The van der Waals surface area contributed by atoms with Crippen molar-refractivity contribution in [1.29, 1.82) is 0 Å². The number of amides is 3. The van der Waals surface area contributed by atoms with Gasteiger partial charge in [0, 0.05) is 37.0 Å². The lowest BCUT2D eigenvalue weighted by Crippen LogP contribution is -2.68. The number of primary amides is 1. The number of urea groups is 1. The Morgan fingerprint density at radius 2 is 1.97 bits per heavy atom. The first kappa shape index (κ1) is 22.5. The molecule has 0 spiro atoms. The summed E-state index contributed by atoms with van der Waals surface area (Å²) in [6.45, 7) is -1.76. The highest BCUT2D eigenvalue weighted by molar-refractivity contribution is 6.31. The standard InChI is InChI=1S/C18H16ClF4N5O3/c1-18(14(29)25-4-5-28(18)16(24)30)11(9-2-3-10(20)12(19)13(9)21)8-6-26-17(27-7-8)31-15(22)23/h2-3,6-7,11,15H,4-5H2,1H3,(H2,24,30)(H,25,29)/t11-,18?/m0/s1. The number of carbonyl (C=O) groups excluding carboxylic acids is 2. The van der Waals surface area contributed by atoms with Gasteiger partial charge in [-0.25, -0.2) is 23.5 Å². The molecule has 0 aliphatic carbocycles. The van der Waals surface area contributed by atoms with E-state index < -0.39 is 52.7 Å². The first-order chi connectivity index (χ1) is 14.6. The predicted octanol–water partition coefficient (Wildman–Crippen LogP) is 2.41. The van der Waals surface area contributed by atoms with E-state index >= 15 is 4.39 Å². The summed E-state index contributed by atoms with van der Waals surface area (Å²) in [5, 5.41) is 1.75. The van der Waals surface area contributed by atoms with E-state index in [2.05, 4.69) is 20.0 Å². The van der Waals surface area contributed by atoms with Gasteiger partial charge < -0.3 is 20.7 Å². The van der Waals surface area contributed by atoms with Crippen molar-refractivity contribution in [1.82, 2.24) is 20.2 Å². The molecule has 2 heterocycles. The summed E-state index contributed by atoms with van der Waals surface area (Å²) in [4.78, 5) is 33.4. The summed E-state index contributed by atoms with van der Waals surface area (Å²) in [6.07, 6.45) is 2.05. The van der Waals surface area contributed by atoms with Crippen LogP contribution in [0.25, 0.3) is 0 Å². The van der Waals surface area contributed by atoms with Crippen LogP contribution in [0, 0.1) is 11.6 Å². The quantitative estimate of drug-likeness (QED) is 0.525. The molecule has 2 atom stereocenters. The number of nitrogens with zero attached hydrogens (tertiary/aromatic N) is 3. The van der Waals surface area contributed by atoms with E-state index in [-0.39, 0.29) is 24.2 Å². The topological polar surface area (TPSA) is 110 Å². The highest BCUT2D eigenvalue weighted by atomic mass is 35.5. The normalized spacial score (nSPS) is 19.8. The third-order valence-electron chi connectivity index (χ3n) is 5.02. The van der Waals surface area contributed by atoms with E-state index in [1.807, 2.05) is 0 Å². The zero-order valence-corrected chi connectivity index (χ0v) is 16.7. The van der Waals surface area contributed by atoms with E-state index in [9.17, 15) is 22.8 Å². The number of carbonyl (C=O) groups is 2. The molecule has 1 saturated heterocycles. The van der Waals surface area contributed by atoms with E-state index in [4.69, 9.17) is 17.3 Å². The number of piperazine rings is 1. The molecule has 3 N–H and O–H groups in total. The van der Waals surface area contributed by atoms with Gasteiger partial charge in [0.15, 0.2) is 0 Å². The van der Waals surface area contributed by atoms with Crippen LogP contribution in [0.2, 0.25) is 5.02 Å². The molecular weight excluding hydrogens is 446 g/mol. The van der Waals surface area contributed by atoms with Crippen LogP contribution in [0.15, 0.2) is 24.5 Å². The van der Waals surface area contributed by atoms with Crippen LogP contribution >= 0.6 is 11.6 Å². The predicted molar refractivity (Wildman–Crippen MR) is 99.6 cm³/mol. The lowest BCUT2D eigenvalue weighted by molar-refractivity contribution is -0.134. The number of benzene rings is 1. The van der Waals surface area contributed by atoms with Gasteiger partial charge in [-0.15, -0.1) is 0 Å². The largest absolute Gasteiger partial charge is 0.401 e. The summed E-state index contributed by atoms with van der Waals surface area (Å²) < 4.78 is 57.7. The maximum absolute atomic E-state index is 15.0. The maximum Gasteiger partial charge on any atom is 0.389 e. The lowest BCUT2D eigenvalue weighted by Gasteiger charge is -2.47. The van der Waals surface area contributed by atoms with Crippen LogP contribution in [0.5, 0.6) is 6.01 Å². The number of nitrogens with two attached hydrogens (primary N) is 1. The molecule has 8 nitrogen and oxygen atoms in total. The smallest absolute Gasteiger partial charge is 0.389 e. The van der Waals surface area contributed by atoms with E-state index in [0.29, 0.717) is 0 Å². The van der Waals surface area contributed by atoms with Gasteiger partial charge in [0.1, 0.15) is 22.2 Å². The summed E-state index contributed by atoms with van der Waals surface area (Å²) in [6, 6.07) is 0.313. The third kappa shape index (κ3) is 4.07. The number of halogens is 5. The Balaban J connectivity index is 2.23. The molecule has 1 unspecified atom stereocenters. The summed E-state index contributed by atoms with van der Waals surface area (Å²) in [7, 11) is 0. The Morgan fingerprint density at radius 3 is 2.55 bits per heavy atom. The van der Waals surface area contributed by atoms with Crippen molar-refractivity contribution in [3.8, 4) is 6.01 Å². The van der Waals surface area contributed by atoms with Crippen LogP contribution in [-0.4, -0.2) is 52.0 Å². The fourth-order valence-corrected chi connectivity index (χ4v) is 3.80. The Bertz CT molecular complexity index is 1010. The molecule has 31 heavy (non-hydrogen) atoms. The number of hydrogen-bond donors (Lipinski definition) is 2. The van der Waals surface area contributed by atoms with E-state index in [1.54, 1.807) is 0 Å². The second-order valence-corrected chi connectivity index (χ2v) is 7.15. The number of alkyl halides is 2. The molecule has 3 amide bonds. The number of hydrogen-bond acceptors (Lipinski definition) is 5. The maximum atomic E-state index is 15.0. The molecule has 0 radical (unpaired) electrons. The number of aromatic nitrogens is 2. The minimum Gasteiger partial charge on any atom is -0.401 e. The van der Waals surface area contributed by atoms with Gasteiger partial charge in [0.2, 0.25) is 5.91 Å². The average Bonchev–Trinajstić information content (AvgIpc) is 2.71. The summed E-state index contributed by atoms with van der Waals surface area (Å²) >= 11 is 5.73. The number of rotatable bonds is 5. The molecule has 0 saturated carbocycles. The second-order valence-electron chi connectivity index (χ2n) is 6.77. The zero-order chi connectivity index (χ0) is 22.9. The molecule has 1 aromatic carbocycles. The van der Waals surface area contributed by atoms with Crippen LogP contribution in [-0.2, 0) is 4.79 Å². The third-order valence-corrected chi connectivity index (χ3v) is 5.37. The molecule has 1 aromatic heterocycles. The molecule has 13 heteroatoms. The minimum absolute atomic E-state index is 0.00193. The number of ether oxygens (including phenoxy) is 1. The molecule has 2 aromatic rings. The van der Waals surface area contributed by atoms with Gasteiger partial charge in [0.05, 0.1) is 0 Å².